The Balaban J connectivity index is 1.57. The van der Waals surface area contributed by atoms with Gasteiger partial charge in [0.15, 0.2) is 5.82 Å². The van der Waals surface area contributed by atoms with Crippen LogP contribution in [-0.4, -0.2) is 36.6 Å². The normalized spacial score (nSPS) is 10.3. The van der Waals surface area contributed by atoms with Gasteiger partial charge in [-0.15, -0.1) is 0 Å². The molecule has 1 amide bonds. The maximum Gasteiger partial charge on any atom is 0.271 e. The van der Waals surface area contributed by atoms with Gasteiger partial charge >= 0.3 is 0 Å². The molecule has 0 atom stereocenters. The zero-order valence-corrected chi connectivity index (χ0v) is 15.4. The van der Waals surface area contributed by atoms with E-state index in [0.717, 1.165) is 17.0 Å². The van der Waals surface area contributed by atoms with Crippen molar-refractivity contribution < 1.29 is 9.53 Å². The molecule has 0 saturated heterocycles. The van der Waals surface area contributed by atoms with Crippen molar-refractivity contribution in [2.24, 2.45) is 0 Å². The zero-order chi connectivity index (χ0) is 19.1. The number of carbonyl (C=O) groups excluding carboxylic acids is 1. The summed E-state index contributed by atoms with van der Waals surface area (Å²) in [6.07, 6.45) is 3.77. The molecule has 1 N–H and O–H groups in total. The lowest BCUT2D eigenvalue weighted by Gasteiger charge is -2.17. The minimum absolute atomic E-state index is 0.244. The van der Waals surface area contributed by atoms with Crippen LogP contribution in [0.3, 0.4) is 0 Å². The number of carbonyl (C=O) groups is 1. The molecule has 27 heavy (non-hydrogen) atoms. The molecule has 3 rings (SSSR count). The highest BCUT2D eigenvalue weighted by molar-refractivity contribution is 5.92. The van der Waals surface area contributed by atoms with Crippen LogP contribution >= 0.6 is 0 Å². The van der Waals surface area contributed by atoms with Crippen molar-refractivity contribution in [3.63, 3.8) is 0 Å². The highest BCUT2D eigenvalue weighted by atomic mass is 16.5. The molecule has 2 aromatic carbocycles. The average molecular weight is 362 g/mol. The van der Waals surface area contributed by atoms with Crippen LogP contribution in [0.5, 0.6) is 5.75 Å². The van der Waals surface area contributed by atoms with Crippen LogP contribution in [0, 0.1) is 0 Å². The number of nitrogens with zero attached hydrogens (tertiary/aromatic N) is 3. The molecule has 6 heteroatoms. The third kappa shape index (κ3) is 4.61. The predicted molar refractivity (Wildman–Crippen MR) is 106 cm³/mol. The largest absolute Gasteiger partial charge is 0.496 e. The minimum Gasteiger partial charge on any atom is -0.496 e. The van der Waals surface area contributed by atoms with Gasteiger partial charge in [0.2, 0.25) is 0 Å². The Morgan fingerprint density at radius 3 is 2.48 bits per heavy atom. The Kier molecular flexibility index (Phi) is 5.99. The van der Waals surface area contributed by atoms with Gasteiger partial charge in [-0.25, -0.2) is 9.97 Å². The molecule has 0 aliphatic heterocycles. The smallest absolute Gasteiger partial charge is 0.271 e. The summed E-state index contributed by atoms with van der Waals surface area (Å²) in [6.45, 7) is 0.493. The van der Waals surface area contributed by atoms with Crippen LogP contribution in [0.4, 0.5) is 11.5 Å². The Hall–Kier alpha value is -3.41. The lowest BCUT2D eigenvalue weighted by atomic mass is 10.1. The van der Waals surface area contributed by atoms with E-state index < -0.39 is 0 Å². The molecule has 1 heterocycles. The standard InChI is InChI=1S/C21H22N4O2/c1-25(17-9-4-3-5-10-17)20-15-23-18(14-24-20)21(26)22-13-12-16-8-6-7-11-19(16)27-2/h3-11,14-15H,12-13H2,1-2H3,(H,22,26). The monoisotopic (exact) mass is 362 g/mol. The van der Waals surface area contributed by atoms with Crippen molar-refractivity contribution in [1.29, 1.82) is 0 Å². The molecule has 138 valence electrons. The van der Waals surface area contributed by atoms with Crippen molar-refractivity contribution in [3.05, 3.63) is 78.2 Å². The molecule has 0 bridgehead atoms. The number of benzene rings is 2. The van der Waals surface area contributed by atoms with E-state index in [2.05, 4.69) is 15.3 Å². The fraction of sp³-hybridized carbons (Fsp3) is 0.190. The van der Waals surface area contributed by atoms with Gasteiger partial charge in [0.25, 0.3) is 5.91 Å². The first kappa shape index (κ1) is 18.4. The fourth-order valence-electron chi connectivity index (χ4n) is 2.71. The van der Waals surface area contributed by atoms with Crippen LogP contribution < -0.4 is 15.0 Å². The topological polar surface area (TPSA) is 67.3 Å². The minimum atomic E-state index is -0.244. The van der Waals surface area contributed by atoms with E-state index in [1.54, 1.807) is 13.3 Å². The van der Waals surface area contributed by atoms with Crippen molar-refractivity contribution >= 4 is 17.4 Å². The van der Waals surface area contributed by atoms with Gasteiger partial charge in [0.05, 0.1) is 19.5 Å². The number of hydrogen-bond acceptors (Lipinski definition) is 5. The lowest BCUT2D eigenvalue weighted by molar-refractivity contribution is 0.0948. The van der Waals surface area contributed by atoms with E-state index in [1.165, 1.54) is 6.20 Å². The van der Waals surface area contributed by atoms with Gasteiger partial charge < -0.3 is 15.0 Å². The summed E-state index contributed by atoms with van der Waals surface area (Å²) in [4.78, 5) is 22.8. The number of rotatable bonds is 7. The van der Waals surface area contributed by atoms with Crippen molar-refractivity contribution in [3.8, 4) is 5.75 Å². The second-order valence-corrected chi connectivity index (χ2v) is 5.97. The molecule has 3 aromatic rings. The van der Waals surface area contributed by atoms with Crippen LogP contribution in [0.2, 0.25) is 0 Å². The van der Waals surface area contributed by atoms with Crippen molar-refractivity contribution in [2.45, 2.75) is 6.42 Å². The first-order chi connectivity index (χ1) is 13.2. The number of methoxy groups -OCH3 is 1. The molecule has 0 unspecified atom stereocenters. The molecule has 0 radical (unpaired) electrons. The summed E-state index contributed by atoms with van der Waals surface area (Å²) in [5, 5.41) is 2.87. The summed E-state index contributed by atoms with van der Waals surface area (Å²) < 4.78 is 5.32. The first-order valence-electron chi connectivity index (χ1n) is 8.70. The molecule has 0 aliphatic rings. The van der Waals surface area contributed by atoms with Crippen LogP contribution in [0.1, 0.15) is 16.1 Å². The van der Waals surface area contributed by atoms with Crippen molar-refractivity contribution in [2.75, 3.05) is 25.6 Å². The predicted octanol–water partition coefficient (Wildman–Crippen LogP) is 3.23. The summed E-state index contributed by atoms with van der Waals surface area (Å²) in [5.74, 6) is 1.25. The molecular formula is C21H22N4O2. The van der Waals surface area contributed by atoms with E-state index >= 15 is 0 Å². The van der Waals surface area contributed by atoms with E-state index in [1.807, 2.05) is 66.5 Å². The maximum absolute atomic E-state index is 12.3. The van der Waals surface area contributed by atoms with Crippen LogP contribution in [-0.2, 0) is 6.42 Å². The summed E-state index contributed by atoms with van der Waals surface area (Å²) in [7, 11) is 3.55. The molecule has 6 nitrogen and oxygen atoms in total. The first-order valence-corrected chi connectivity index (χ1v) is 8.70. The number of amides is 1. The van der Waals surface area contributed by atoms with E-state index in [0.29, 0.717) is 24.5 Å². The number of aromatic nitrogens is 2. The van der Waals surface area contributed by atoms with Crippen LogP contribution in [0.15, 0.2) is 67.0 Å². The molecular weight excluding hydrogens is 340 g/mol. The van der Waals surface area contributed by atoms with E-state index in [-0.39, 0.29) is 5.91 Å². The third-order valence-corrected chi connectivity index (χ3v) is 4.23. The second kappa shape index (κ2) is 8.80. The zero-order valence-electron chi connectivity index (χ0n) is 15.4. The SMILES string of the molecule is COc1ccccc1CCNC(=O)c1cnc(N(C)c2ccccc2)cn1. The van der Waals surface area contributed by atoms with Gasteiger partial charge in [-0.05, 0) is 30.2 Å². The summed E-state index contributed by atoms with van der Waals surface area (Å²) in [5.41, 5.74) is 2.34. The van der Waals surface area contributed by atoms with Gasteiger partial charge in [-0.2, -0.15) is 0 Å². The Labute approximate surface area is 158 Å². The lowest BCUT2D eigenvalue weighted by Crippen LogP contribution is -2.27. The molecule has 1 aromatic heterocycles. The highest BCUT2D eigenvalue weighted by Crippen LogP contribution is 2.20. The van der Waals surface area contributed by atoms with Gasteiger partial charge in [0.1, 0.15) is 11.4 Å². The van der Waals surface area contributed by atoms with Gasteiger partial charge in [-0.1, -0.05) is 36.4 Å². The van der Waals surface area contributed by atoms with E-state index in [4.69, 9.17) is 4.74 Å². The molecule has 0 spiro atoms. The molecule has 0 aliphatic carbocycles. The number of para-hydroxylation sites is 2. The van der Waals surface area contributed by atoms with Crippen LogP contribution in [0.25, 0.3) is 0 Å². The summed E-state index contributed by atoms with van der Waals surface area (Å²) >= 11 is 0. The van der Waals surface area contributed by atoms with Gasteiger partial charge in [0, 0.05) is 19.3 Å². The second-order valence-electron chi connectivity index (χ2n) is 5.97. The molecule has 0 fully saturated rings. The number of nitrogens with one attached hydrogen (secondary N) is 1. The Morgan fingerprint density at radius 1 is 1.04 bits per heavy atom. The van der Waals surface area contributed by atoms with Gasteiger partial charge in [-0.3, -0.25) is 4.79 Å². The average Bonchev–Trinajstić information content (AvgIpc) is 2.74. The molecule has 0 saturated carbocycles. The number of ether oxygens (including phenoxy) is 1. The Bertz CT molecular complexity index is 882. The maximum atomic E-state index is 12.3. The highest BCUT2D eigenvalue weighted by Gasteiger charge is 2.11. The number of anilines is 2. The van der Waals surface area contributed by atoms with E-state index in [9.17, 15) is 4.79 Å². The Morgan fingerprint density at radius 2 is 1.78 bits per heavy atom. The fourth-order valence-corrected chi connectivity index (χ4v) is 2.71. The quantitative estimate of drug-likeness (QED) is 0.699. The number of hydrogen-bond donors (Lipinski definition) is 1. The van der Waals surface area contributed by atoms with Crippen molar-refractivity contribution in [1.82, 2.24) is 15.3 Å². The summed E-state index contributed by atoms with van der Waals surface area (Å²) in [6, 6.07) is 17.6. The third-order valence-electron chi connectivity index (χ3n) is 4.23.